The van der Waals surface area contributed by atoms with Crippen molar-refractivity contribution in [2.24, 2.45) is 0 Å². The molecule has 10 nitrogen and oxygen atoms in total. The van der Waals surface area contributed by atoms with Crippen molar-refractivity contribution in [2.75, 3.05) is 11.9 Å². The van der Waals surface area contributed by atoms with E-state index in [1.165, 1.54) is 29.5 Å². The van der Waals surface area contributed by atoms with Crippen molar-refractivity contribution < 1.29 is 14.5 Å². The molecule has 0 saturated heterocycles. The van der Waals surface area contributed by atoms with Crippen LogP contribution in [0, 0.1) is 24.0 Å². The number of nitrogens with one attached hydrogen (secondary N) is 1. The van der Waals surface area contributed by atoms with Gasteiger partial charge in [0.05, 0.1) is 11.5 Å². The molecule has 4 rings (SSSR count). The van der Waals surface area contributed by atoms with E-state index in [9.17, 15) is 14.9 Å². The fourth-order valence-corrected chi connectivity index (χ4v) is 3.88. The van der Waals surface area contributed by atoms with E-state index < -0.39 is 10.8 Å². The third-order valence-electron chi connectivity index (χ3n) is 4.60. The van der Waals surface area contributed by atoms with Gasteiger partial charge in [-0.15, -0.1) is 10.2 Å². The van der Waals surface area contributed by atoms with Crippen molar-refractivity contribution >= 4 is 33.6 Å². The lowest BCUT2D eigenvalue weighted by Crippen LogP contribution is -2.13. The largest absolute Gasteiger partial charge is 0.487 e. The van der Waals surface area contributed by atoms with E-state index in [1.807, 2.05) is 32.0 Å². The van der Waals surface area contributed by atoms with Crippen LogP contribution < -0.4 is 10.1 Å². The molecule has 0 aliphatic carbocycles. The van der Waals surface area contributed by atoms with Crippen molar-refractivity contribution in [3.8, 4) is 16.3 Å². The lowest BCUT2D eigenvalue weighted by molar-refractivity contribution is -0.385. The van der Waals surface area contributed by atoms with Crippen LogP contribution in [-0.4, -0.2) is 37.2 Å². The van der Waals surface area contributed by atoms with E-state index >= 15 is 0 Å². The Morgan fingerprint density at radius 2 is 2.03 bits per heavy atom. The number of fused-ring (bicyclic) bond motifs is 1. The molecule has 158 valence electrons. The van der Waals surface area contributed by atoms with Crippen LogP contribution in [-0.2, 0) is 0 Å². The smallest absolute Gasteiger partial charge is 0.311 e. The Balaban J connectivity index is 1.63. The number of nitro groups is 1. The number of nitro benzene ring substituents is 1. The van der Waals surface area contributed by atoms with Crippen molar-refractivity contribution in [2.45, 2.75) is 20.8 Å². The fraction of sp³-hybridized carbons (Fsp3) is 0.200. The number of carbonyl (C=O) groups is 1. The fourth-order valence-electron chi connectivity index (χ4n) is 2.99. The highest BCUT2D eigenvalue weighted by molar-refractivity contribution is 7.19. The Kier molecular flexibility index (Phi) is 5.34. The maximum Gasteiger partial charge on any atom is 0.311 e. The Bertz CT molecular complexity index is 1310. The summed E-state index contributed by atoms with van der Waals surface area (Å²) in [7, 11) is 0. The normalized spacial score (nSPS) is 10.9. The standard InChI is InChI=1S/C20H18N6O4S/c1-4-30-17-8-7-13(10-16(17)26(28)29)18(27)21-15-9-14(6-5-11(15)2)19-24-25-12(3)22-23-20(25)31-19/h5-10H,4H2,1-3H3,(H,21,27). The van der Waals surface area contributed by atoms with E-state index in [2.05, 4.69) is 20.6 Å². The topological polar surface area (TPSA) is 125 Å². The summed E-state index contributed by atoms with van der Waals surface area (Å²) in [4.78, 5) is 24.2. The second-order valence-electron chi connectivity index (χ2n) is 6.71. The zero-order valence-corrected chi connectivity index (χ0v) is 17.8. The van der Waals surface area contributed by atoms with Gasteiger partial charge in [0.1, 0.15) is 5.01 Å². The van der Waals surface area contributed by atoms with E-state index in [1.54, 1.807) is 11.4 Å². The number of anilines is 1. The van der Waals surface area contributed by atoms with Crippen LogP contribution in [0.3, 0.4) is 0 Å². The molecular weight excluding hydrogens is 420 g/mol. The summed E-state index contributed by atoms with van der Waals surface area (Å²) in [6.45, 7) is 5.70. The maximum atomic E-state index is 12.8. The number of rotatable bonds is 6. The first kappa shape index (κ1) is 20.4. The SMILES string of the molecule is CCOc1ccc(C(=O)Nc2cc(-c3nn4c(C)nnc4s3)ccc2C)cc1[N+](=O)[O-]. The van der Waals surface area contributed by atoms with Gasteiger partial charge >= 0.3 is 5.69 Å². The summed E-state index contributed by atoms with van der Waals surface area (Å²) in [5.41, 5.74) is 2.15. The maximum absolute atomic E-state index is 12.8. The number of amides is 1. The number of hydrogen-bond acceptors (Lipinski definition) is 8. The van der Waals surface area contributed by atoms with Gasteiger partial charge in [-0.3, -0.25) is 14.9 Å². The van der Waals surface area contributed by atoms with Crippen LogP contribution >= 0.6 is 11.3 Å². The van der Waals surface area contributed by atoms with Gasteiger partial charge in [-0.1, -0.05) is 23.5 Å². The molecule has 4 aromatic rings. The number of nitrogens with zero attached hydrogens (tertiary/aromatic N) is 5. The Hall–Kier alpha value is -3.86. The van der Waals surface area contributed by atoms with Gasteiger partial charge in [0.25, 0.3) is 5.91 Å². The zero-order valence-electron chi connectivity index (χ0n) is 16.9. The van der Waals surface area contributed by atoms with E-state index in [4.69, 9.17) is 4.74 Å². The van der Waals surface area contributed by atoms with Crippen molar-refractivity contribution in [1.29, 1.82) is 0 Å². The highest BCUT2D eigenvalue weighted by Crippen LogP contribution is 2.31. The molecule has 1 amide bonds. The Morgan fingerprint density at radius 3 is 2.74 bits per heavy atom. The van der Waals surface area contributed by atoms with Crippen LogP contribution in [0.5, 0.6) is 5.75 Å². The first-order chi connectivity index (χ1) is 14.9. The molecule has 0 atom stereocenters. The van der Waals surface area contributed by atoms with Gasteiger partial charge < -0.3 is 10.1 Å². The third-order valence-corrected chi connectivity index (χ3v) is 5.55. The average Bonchev–Trinajstić information content (AvgIpc) is 3.32. The molecule has 0 unspecified atom stereocenters. The zero-order chi connectivity index (χ0) is 22.1. The number of carbonyl (C=O) groups excluding carboxylic acids is 1. The van der Waals surface area contributed by atoms with E-state index in [0.717, 1.165) is 16.1 Å². The summed E-state index contributed by atoms with van der Waals surface area (Å²) in [6, 6.07) is 9.75. The molecule has 2 aromatic carbocycles. The molecule has 0 saturated carbocycles. The number of aromatic nitrogens is 4. The van der Waals surface area contributed by atoms with Gasteiger partial charge in [-0.25, -0.2) is 0 Å². The molecule has 2 heterocycles. The van der Waals surface area contributed by atoms with Crippen molar-refractivity contribution in [3.05, 3.63) is 63.5 Å². The number of hydrogen-bond donors (Lipinski definition) is 1. The summed E-state index contributed by atoms with van der Waals surface area (Å²) in [5.74, 6) is 0.358. The minimum atomic E-state index is -0.566. The number of ether oxygens (including phenoxy) is 1. The number of aryl methyl sites for hydroxylation is 2. The molecule has 2 aromatic heterocycles. The molecule has 0 bridgehead atoms. The van der Waals surface area contributed by atoms with Crippen LogP contribution in [0.2, 0.25) is 0 Å². The first-order valence-corrected chi connectivity index (χ1v) is 10.2. The van der Waals surface area contributed by atoms with Crippen LogP contribution in [0.15, 0.2) is 36.4 Å². The van der Waals surface area contributed by atoms with Gasteiger partial charge in [0, 0.05) is 22.9 Å². The lowest BCUT2D eigenvalue weighted by atomic mass is 10.1. The molecular formula is C20H18N6O4S. The summed E-state index contributed by atoms with van der Waals surface area (Å²) in [6.07, 6.45) is 0. The summed E-state index contributed by atoms with van der Waals surface area (Å²) in [5, 5.41) is 27.5. The van der Waals surface area contributed by atoms with Crippen molar-refractivity contribution in [3.63, 3.8) is 0 Å². The van der Waals surface area contributed by atoms with Crippen LogP contribution in [0.1, 0.15) is 28.7 Å². The predicted octanol–water partition coefficient (Wildman–Crippen LogP) is 4.03. The molecule has 1 N–H and O–H groups in total. The highest BCUT2D eigenvalue weighted by atomic mass is 32.1. The van der Waals surface area contributed by atoms with E-state index in [0.29, 0.717) is 16.5 Å². The lowest BCUT2D eigenvalue weighted by Gasteiger charge is -2.11. The minimum absolute atomic E-state index is 0.126. The third kappa shape index (κ3) is 3.94. The van der Waals surface area contributed by atoms with E-state index in [-0.39, 0.29) is 23.6 Å². The van der Waals surface area contributed by atoms with Gasteiger partial charge in [0.2, 0.25) is 4.96 Å². The van der Waals surface area contributed by atoms with Gasteiger partial charge in [-0.2, -0.15) is 9.61 Å². The van der Waals surface area contributed by atoms with Gasteiger partial charge in [0.15, 0.2) is 11.6 Å². The Labute approximate surface area is 180 Å². The van der Waals surface area contributed by atoms with Gasteiger partial charge in [-0.05, 0) is 44.5 Å². The predicted molar refractivity (Wildman–Crippen MR) is 116 cm³/mol. The molecule has 0 aliphatic rings. The summed E-state index contributed by atoms with van der Waals surface area (Å²) >= 11 is 1.39. The average molecular weight is 438 g/mol. The quantitative estimate of drug-likeness (QED) is 0.356. The van der Waals surface area contributed by atoms with Crippen LogP contribution in [0.25, 0.3) is 15.5 Å². The molecule has 0 radical (unpaired) electrons. The second kappa shape index (κ2) is 8.11. The Morgan fingerprint density at radius 1 is 1.23 bits per heavy atom. The second-order valence-corrected chi connectivity index (χ2v) is 7.66. The van der Waals surface area contributed by atoms with Crippen molar-refractivity contribution in [1.82, 2.24) is 19.8 Å². The molecule has 11 heteroatoms. The van der Waals surface area contributed by atoms with Crippen LogP contribution in [0.4, 0.5) is 11.4 Å². The molecule has 0 spiro atoms. The number of benzene rings is 2. The first-order valence-electron chi connectivity index (χ1n) is 9.40. The highest BCUT2D eigenvalue weighted by Gasteiger charge is 2.19. The minimum Gasteiger partial charge on any atom is -0.487 e. The summed E-state index contributed by atoms with van der Waals surface area (Å²) < 4.78 is 6.93. The molecule has 31 heavy (non-hydrogen) atoms. The molecule has 0 fully saturated rings. The monoisotopic (exact) mass is 438 g/mol. The molecule has 0 aliphatic heterocycles.